The van der Waals surface area contributed by atoms with Crippen molar-refractivity contribution in [3.63, 3.8) is 0 Å². The van der Waals surface area contributed by atoms with Crippen LogP contribution < -0.4 is 10.1 Å². The van der Waals surface area contributed by atoms with Crippen molar-refractivity contribution in [2.75, 3.05) is 11.9 Å². The number of allylic oxidation sites excluding steroid dienone is 1. The lowest BCUT2D eigenvalue weighted by atomic mass is 9.87. The molecule has 0 spiro atoms. The molecule has 0 aliphatic rings. The number of rotatable bonds is 6. The first-order valence-electron chi connectivity index (χ1n) is 8.66. The summed E-state index contributed by atoms with van der Waals surface area (Å²) in [5, 5.41) is 2.76. The Morgan fingerprint density at radius 2 is 1.58 bits per heavy atom. The fraction of sp³-hybridized carbons (Fsp3) is 0.273. The van der Waals surface area contributed by atoms with Gasteiger partial charge in [0.25, 0.3) is 0 Å². The number of benzene rings is 2. The number of hydrogen-bond acceptors (Lipinski definition) is 3. The van der Waals surface area contributed by atoms with E-state index in [1.165, 1.54) is 17.7 Å². The van der Waals surface area contributed by atoms with Crippen molar-refractivity contribution in [3.8, 4) is 5.75 Å². The number of carbonyl (C=O) groups excluding carboxylic acids is 2. The van der Waals surface area contributed by atoms with Gasteiger partial charge in [0.15, 0.2) is 5.78 Å². The van der Waals surface area contributed by atoms with E-state index < -0.39 is 0 Å². The second-order valence-corrected chi connectivity index (χ2v) is 6.97. The van der Waals surface area contributed by atoms with Gasteiger partial charge >= 0.3 is 0 Å². The van der Waals surface area contributed by atoms with Gasteiger partial charge in [-0.15, -0.1) is 0 Å². The van der Waals surface area contributed by atoms with Gasteiger partial charge in [-0.05, 0) is 60.4 Å². The monoisotopic (exact) mass is 351 g/mol. The Balaban J connectivity index is 1.95. The highest BCUT2D eigenvalue weighted by molar-refractivity contribution is 6.09. The molecular formula is C22H25NO3. The molecule has 1 amide bonds. The van der Waals surface area contributed by atoms with Gasteiger partial charge in [-0.3, -0.25) is 9.59 Å². The van der Waals surface area contributed by atoms with E-state index in [9.17, 15) is 9.59 Å². The van der Waals surface area contributed by atoms with E-state index in [1.807, 2.05) is 31.2 Å². The Morgan fingerprint density at radius 1 is 0.962 bits per heavy atom. The third-order valence-electron chi connectivity index (χ3n) is 3.85. The predicted molar refractivity (Wildman–Crippen MR) is 105 cm³/mol. The quantitative estimate of drug-likeness (QED) is 0.603. The van der Waals surface area contributed by atoms with Crippen molar-refractivity contribution >= 4 is 17.4 Å². The molecule has 4 nitrogen and oxygen atoms in total. The van der Waals surface area contributed by atoms with Gasteiger partial charge in [-0.25, -0.2) is 0 Å². The molecule has 0 aliphatic heterocycles. The van der Waals surface area contributed by atoms with E-state index in [1.54, 1.807) is 24.3 Å². The van der Waals surface area contributed by atoms with E-state index in [0.717, 1.165) is 0 Å². The van der Waals surface area contributed by atoms with Gasteiger partial charge in [0.2, 0.25) is 5.91 Å². The molecule has 0 radical (unpaired) electrons. The van der Waals surface area contributed by atoms with Gasteiger partial charge < -0.3 is 10.1 Å². The number of anilines is 1. The standard InChI is InChI=1S/C22H25NO3/c1-5-26-19-12-6-16(7-13-19)20(24)14-15-21(25)23-18-10-8-17(9-11-18)22(2,3)4/h6-15H,5H2,1-4H3,(H,23,25)/b15-14+. The third-order valence-corrected chi connectivity index (χ3v) is 3.85. The summed E-state index contributed by atoms with van der Waals surface area (Å²) in [6.45, 7) is 8.88. The number of ether oxygens (including phenoxy) is 1. The Labute approximate surface area is 154 Å². The molecular weight excluding hydrogens is 326 g/mol. The van der Waals surface area contributed by atoms with Crippen LogP contribution in [-0.4, -0.2) is 18.3 Å². The van der Waals surface area contributed by atoms with E-state index in [0.29, 0.717) is 23.6 Å². The third kappa shape index (κ3) is 5.59. The van der Waals surface area contributed by atoms with E-state index in [-0.39, 0.29) is 17.1 Å². The number of nitrogens with one attached hydrogen (secondary N) is 1. The van der Waals surface area contributed by atoms with Crippen molar-refractivity contribution in [1.29, 1.82) is 0 Å². The van der Waals surface area contributed by atoms with Crippen molar-refractivity contribution in [2.45, 2.75) is 33.1 Å². The normalized spacial score (nSPS) is 11.4. The highest BCUT2D eigenvalue weighted by Crippen LogP contribution is 2.23. The van der Waals surface area contributed by atoms with Crippen LogP contribution in [0, 0.1) is 0 Å². The summed E-state index contributed by atoms with van der Waals surface area (Å²) in [4.78, 5) is 24.1. The maximum Gasteiger partial charge on any atom is 0.248 e. The topological polar surface area (TPSA) is 55.4 Å². The Hall–Kier alpha value is -2.88. The second kappa shape index (κ2) is 8.48. The summed E-state index contributed by atoms with van der Waals surface area (Å²) in [6, 6.07) is 14.5. The van der Waals surface area contributed by atoms with E-state index >= 15 is 0 Å². The summed E-state index contributed by atoms with van der Waals surface area (Å²) in [7, 11) is 0. The molecule has 0 fully saturated rings. The van der Waals surface area contributed by atoms with Gasteiger partial charge in [-0.1, -0.05) is 32.9 Å². The van der Waals surface area contributed by atoms with Crippen molar-refractivity contribution < 1.29 is 14.3 Å². The van der Waals surface area contributed by atoms with Crippen molar-refractivity contribution in [1.82, 2.24) is 0 Å². The van der Waals surface area contributed by atoms with E-state index in [2.05, 4.69) is 26.1 Å². The summed E-state index contributed by atoms with van der Waals surface area (Å²) >= 11 is 0. The van der Waals surface area contributed by atoms with Crippen LogP contribution in [0.5, 0.6) is 5.75 Å². The van der Waals surface area contributed by atoms with Crippen LogP contribution in [0.25, 0.3) is 0 Å². The Kier molecular flexibility index (Phi) is 6.34. The molecule has 4 heteroatoms. The molecule has 2 aromatic carbocycles. The van der Waals surface area contributed by atoms with Crippen LogP contribution in [-0.2, 0) is 10.2 Å². The number of amides is 1. The highest BCUT2D eigenvalue weighted by atomic mass is 16.5. The molecule has 0 aliphatic carbocycles. The maximum atomic E-state index is 12.1. The lowest BCUT2D eigenvalue weighted by Crippen LogP contribution is -2.12. The van der Waals surface area contributed by atoms with Crippen molar-refractivity contribution in [3.05, 3.63) is 71.8 Å². The molecule has 0 heterocycles. The van der Waals surface area contributed by atoms with Gasteiger partial charge in [0.1, 0.15) is 5.75 Å². The van der Waals surface area contributed by atoms with Crippen LogP contribution in [0.1, 0.15) is 43.6 Å². The lowest BCUT2D eigenvalue weighted by molar-refractivity contribution is -0.111. The SMILES string of the molecule is CCOc1ccc(C(=O)/C=C/C(=O)Nc2ccc(C(C)(C)C)cc2)cc1. The highest BCUT2D eigenvalue weighted by Gasteiger charge is 2.13. The van der Waals surface area contributed by atoms with Crippen LogP contribution >= 0.6 is 0 Å². The van der Waals surface area contributed by atoms with Crippen LogP contribution in [0.2, 0.25) is 0 Å². The van der Waals surface area contributed by atoms with Gasteiger partial charge in [0.05, 0.1) is 6.61 Å². The lowest BCUT2D eigenvalue weighted by Gasteiger charge is -2.19. The summed E-state index contributed by atoms with van der Waals surface area (Å²) < 4.78 is 5.34. The fourth-order valence-electron chi connectivity index (χ4n) is 2.37. The summed E-state index contributed by atoms with van der Waals surface area (Å²) in [5.74, 6) is 0.142. The molecule has 0 unspecified atom stereocenters. The molecule has 0 atom stereocenters. The molecule has 136 valence electrons. The second-order valence-electron chi connectivity index (χ2n) is 6.97. The molecule has 26 heavy (non-hydrogen) atoms. The predicted octanol–water partition coefficient (Wildman–Crippen LogP) is 4.76. The molecule has 2 rings (SSSR count). The average molecular weight is 351 g/mol. The molecule has 1 N–H and O–H groups in total. The largest absolute Gasteiger partial charge is 0.494 e. The number of carbonyl (C=O) groups is 2. The molecule has 0 saturated heterocycles. The summed E-state index contributed by atoms with van der Waals surface area (Å²) in [6.07, 6.45) is 2.52. The number of ketones is 1. The molecule has 0 bridgehead atoms. The zero-order valence-electron chi connectivity index (χ0n) is 15.7. The molecule has 0 aromatic heterocycles. The number of hydrogen-bond donors (Lipinski definition) is 1. The van der Waals surface area contributed by atoms with Crippen molar-refractivity contribution in [2.24, 2.45) is 0 Å². The Morgan fingerprint density at radius 3 is 2.12 bits per heavy atom. The van der Waals surface area contributed by atoms with Gasteiger partial charge in [0, 0.05) is 17.3 Å². The average Bonchev–Trinajstić information content (AvgIpc) is 2.60. The Bertz CT molecular complexity index is 782. The zero-order chi connectivity index (χ0) is 19.2. The zero-order valence-corrected chi connectivity index (χ0v) is 15.7. The van der Waals surface area contributed by atoms with E-state index in [4.69, 9.17) is 4.74 Å². The maximum absolute atomic E-state index is 12.1. The fourth-order valence-corrected chi connectivity index (χ4v) is 2.37. The minimum absolute atomic E-state index is 0.0621. The van der Waals surface area contributed by atoms with Crippen LogP contribution in [0.4, 0.5) is 5.69 Å². The molecule has 0 saturated carbocycles. The first-order valence-corrected chi connectivity index (χ1v) is 8.66. The molecule has 2 aromatic rings. The van der Waals surface area contributed by atoms with Crippen LogP contribution in [0.15, 0.2) is 60.7 Å². The summed E-state index contributed by atoms with van der Waals surface area (Å²) in [5.41, 5.74) is 2.46. The minimum atomic E-state index is -0.340. The first kappa shape index (κ1) is 19.4. The van der Waals surface area contributed by atoms with Gasteiger partial charge in [-0.2, -0.15) is 0 Å². The minimum Gasteiger partial charge on any atom is -0.494 e. The smallest absolute Gasteiger partial charge is 0.248 e. The first-order chi connectivity index (χ1) is 12.3. The van der Waals surface area contributed by atoms with Crippen LogP contribution in [0.3, 0.4) is 0 Å².